The van der Waals surface area contributed by atoms with Gasteiger partial charge in [-0.3, -0.25) is 9.69 Å². The first-order valence-corrected chi connectivity index (χ1v) is 8.98. The molecule has 28 heavy (non-hydrogen) atoms. The minimum atomic E-state index is -1.04. The summed E-state index contributed by atoms with van der Waals surface area (Å²) in [6.07, 6.45) is 1.71. The second kappa shape index (κ2) is 8.10. The summed E-state index contributed by atoms with van der Waals surface area (Å²) in [7, 11) is 2.92. The number of ether oxygens (including phenoxy) is 1. The van der Waals surface area contributed by atoms with E-state index < -0.39 is 11.9 Å². The molecule has 142 valence electrons. The van der Waals surface area contributed by atoms with E-state index in [2.05, 4.69) is 9.73 Å². The van der Waals surface area contributed by atoms with E-state index in [4.69, 9.17) is 5.11 Å². The Kier molecular flexibility index (Phi) is 5.60. The van der Waals surface area contributed by atoms with Crippen LogP contribution in [0.3, 0.4) is 0 Å². The molecule has 0 unspecified atom stereocenters. The van der Waals surface area contributed by atoms with Gasteiger partial charge in [-0.05, 0) is 53.7 Å². The number of methoxy groups -OCH3 is 1. The summed E-state index contributed by atoms with van der Waals surface area (Å²) < 4.78 is 4.66. The van der Waals surface area contributed by atoms with E-state index in [1.54, 1.807) is 49.5 Å². The smallest absolute Gasteiger partial charge is 0.337 e. The van der Waals surface area contributed by atoms with E-state index in [0.717, 1.165) is 5.56 Å². The number of carbonyl (C=O) groups excluding carboxylic acids is 2. The highest BCUT2D eigenvalue weighted by Gasteiger charge is 2.30. The number of thioether (sulfide) groups is 1. The molecule has 0 saturated carbocycles. The topological polar surface area (TPSA) is 96.3 Å². The minimum Gasteiger partial charge on any atom is -0.478 e. The highest BCUT2D eigenvalue weighted by molar-refractivity contribution is 8.18. The van der Waals surface area contributed by atoms with Gasteiger partial charge in [-0.2, -0.15) is 0 Å². The fourth-order valence-electron chi connectivity index (χ4n) is 2.46. The molecule has 1 N–H and O–H groups in total. The summed E-state index contributed by atoms with van der Waals surface area (Å²) >= 11 is 1.19. The van der Waals surface area contributed by atoms with Crippen LogP contribution in [0.5, 0.6) is 0 Å². The number of aromatic carboxylic acids is 1. The number of amides is 1. The molecule has 1 fully saturated rings. The number of carboxylic acids is 1. The summed E-state index contributed by atoms with van der Waals surface area (Å²) in [6.45, 7) is 0. The Labute approximate surface area is 165 Å². The second-order valence-corrected chi connectivity index (χ2v) is 6.85. The number of nitrogens with zero attached hydrogens (tertiary/aromatic N) is 2. The van der Waals surface area contributed by atoms with Gasteiger partial charge in [0.2, 0.25) is 0 Å². The third-order valence-electron chi connectivity index (χ3n) is 3.95. The van der Waals surface area contributed by atoms with Crippen LogP contribution in [0, 0.1) is 0 Å². The molecule has 2 aromatic carbocycles. The van der Waals surface area contributed by atoms with Gasteiger partial charge in [0.15, 0.2) is 5.17 Å². The lowest BCUT2D eigenvalue weighted by atomic mass is 10.1. The standard InChI is InChI=1S/C20H16N2O5S/c1-22-17(23)16(10-12-6-8-13(9-7-12)19(26)27-2)28-20(22)21-15-5-3-4-14(11-15)18(24)25/h3-11H,1-2H3,(H,24,25). The number of carbonyl (C=O) groups is 3. The van der Waals surface area contributed by atoms with Gasteiger partial charge >= 0.3 is 11.9 Å². The van der Waals surface area contributed by atoms with Gasteiger partial charge in [0.1, 0.15) is 0 Å². The normalized spacial score (nSPS) is 16.6. The Hall–Kier alpha value is -3.39. The van der Waals surface area contributed by atoms with Gasteiger partial charge in [0, 0.05) is 7.05 Å². The summed E-state index contributed by atoms with van der Waals surface area (Å²) in [4.78, 5) is 41.4. The molecule has 1 saturated heterocycles. The molecular formula is C20H16N2O5S. The van der Waals surface area contributed by atoms with Crippen LogP contribution < -0.4 is 0 Å². The van der Waals surface area contributed by atoms with Gasteiger partial charge in [-0.25, -0.2) is 14.6 Å². The number of carboxylic acid groups (broad SMARTS) is 1. The first-order chi connectivity index (χ1) is 13.4. The van der Waals surface area contributed by atoms with Gasteiger partial charge in [-0.15, -0.1) is 0 Å². The van der Waals surface area contributed by atoms with Crippen LogP contribution >= 0.6 is 11.8 Å². The largest absolute Gasteiger partial charge is 0.478 e. The molecule has 0 spiro atoms. The molecule has 1 heterocycles. The lowest BCUT2D eigenvalue weighted by Gasteiger charge is -2.07. The summed E-state index contributed by atoms with van der Waals surface area (Å²) in [5, 5.41) is 9.53. The van der Waals surface area contributed by atoms with Crippen molar-refractivity contribution in [2.24, 2.45) is 4.99 Å². The van der Waals surface area contributed by atoms with Crippen molar-refractivity contribution in [2.45, 2.75) is 0 Å². The van der Waals surface area contributed by atoms with E-state index in [9.17, 15) is 14.4 Å². The first-order valence-electron chi connectivity index (χ1n) is 8.17. The van der Waals surface area contributed by atoms with Crippen molar-refractivity contribution in [1.82, 2.24) is 4.90 Å². The van der Waals surface area contributed by atoms with E-state index in [-0.39, 0.29) is 11.5 Å². The van der Waals surface area contributed by atoms with Crippen molar-refractivity contribution < 1.29 is 24.2 Å². The van der Waals surface area contributed by atoms with Crippen molar-refractivity contribution in [3.8, 4) is 0 Å². The first kappa shape index (κ1) is 19.4. The number of esters is 1. The maximum absolute atomic E-state index is 12.5. The lowest BCUT2D eigenvalue weighted by molar-refractivity contribution is -0.121. The highest BCUT2D eigenvalue weighted by Crippen LogP contribution is 2.33. The van der Waals surface area contributed by atoms with Crippen LogP contribution in [-0.4, -0.2) is 47.2 Å². The molecule has 0 bridgehead atoms. The fraction of sp³-hybridized carbons (Fsp3) is 0.100. The quantitative estimate of drug-likeness (QED) is 0.628. The average molecular weight is 396 g/mol. The van der Waals surface area contributed by atoms with Crippen molar-refractivity contribution in [2.75, 3.05) is 14.2 Å². The summed E-state index contributed by atoms with van der Waals surface area (Å²) in [5.74, 6) is -1.68. The maximum Gasteiger partial charge on any atom is 0.337 e. The predicted octanol–water partition coefficient (Wildman–Crippen LogP) is 3.41. The zero-order chi connectivity index (χ0) is 20.3. The van der Waals surface area contributed by atoms with Gasteiger partial charge in [0.25, 0.3) is 5.91 Å². The Bertz CT molecular complexity index is 1010. The number of aliphatic imine (C=N–C) groups is 1. The molecule has 1 amide bonds. The van der Waals surface area contributed by atoms with E-state index >= 15 is 0 Å². The molecule has 0 radical (unpaired) electrons. The van der Waals surface area contributed by atoms with E-state index in [1.165, 1.54) is 35.9 Å². The summed E-state index contributed by atoms with van der Waals surface area (Å²) in [5.41, 5.74) is 1.75. The van der Waals surface area contributed by atoms with Crippen LogP contribution in [0.1, 0.15) is 26.3 Å². The monoisotopic (exact) mass is 396 g/mol. The second-order valence-electron chi connectivity index (χ2n) is 5.84. The Morgan fingerprint density at radius 1 is 1.14 bits per heavy atom. The molecule has 0 aromatic heterocycles. The van der Waals surface area contributed by atoms with Crippen molar-refractivity contribution in [3.63, 3.8) is 0 Å². The van der Waals surface area contributed by atoms with Gasteiger partial charge < -0.3 is 9.84 Å². The number of hydrogen-bond acceptors (Lipinski definition) is 6. The number of rotatable bonds is 4. The van der Waals surface area contributed by atoms with Crippen LogP contribution in [-0.2, 0) is 9.53 Å². The zero-order valence-corrected chi connectivity index (χ0v) is 15.9. The third-order valence-corrected chi connectivity index (χ3v) is 5.01. The maximum atomic E-state index is 12.5. The molecule has 8 heteroatoms. The molecule has 1 aliphatic rings. The predicted molar refractivity (Wildman–Crippen MR) is 107 cm³/mol. The molecule has 2 aromatic rings. The number of benzene rings is 2. The zero-order valence-electron chi connectivity index (χ0n) is 15.1. The van der Waals surface area contributed by atoms with Crippen LogP contribution in [0.4, 0.5) is 5.69 Å². The van der Waals surface area contributed by atoms with E-state index in [0.29, 0.717) is 21.3 Å². The van der Waals surface area contributed by atoms with Crippen molar-refractivity contribution in [3.05, 3.63) is 70.1 Å². The number of likely N-dealkylation sites (N-methyl/N-ethyl adjacent to an activating group) is 1. The van der Waals surface area contributed by atoms with Gasteiger partial charge in [0.05, 0.1) is 28.8 Å². The van der Waals surface area contributed by atoms with Crippen LogP contribution in [0.15, 0.2) is 58.4 Å². The Morgan fingerprint density at radius 3 is 2.50 bits per heavy atom. The van der Waals surface area contributed by atoms with Crippen LogP contribution in [0.25, 0.3) is 6.08 Å². The minimum absolute atomic E-state index is 0.125. The fourth-order valence-corrected chi connectivity index (χ4v) is 3.44. The Morgan fingerprint density at radius 2 is 1.86 bits per heavy atom. The highest BCUT2D eigenvalue weighted by atomic mass is 32.2. The van der Waals surface area contributed by atoms with Crippen LogP contribution in [0.2, 0.25) is 0 Å². The molecular weight excluding hydrogens is 380 g/mol. The van der Waals surface area contributed by atoms with Crippen molar-refractivity contribution in [1.29, 1.82) is 0 Å². The number of hydrogen-bond donors (Lipinski definition) is 1. The lowest BCUT2D eigenvalue weighted by Crippen LogP contribution is -2.23. The molecule has 0 atom stereocenters. The molecule has 0 aliphatic carbocycles. The molecule has 1 aliphatic heterocycles. The summed E-state index contributed by atoms with van der Waals surface area (Å²) in [6, 6.07) is 12.9. The van der Waals surface area contributed by atoms with Gasteiger partial charge in [-0.1, -0.05) is 18.2 Å². The number of amidine groups is 1. The average Bonchev–Trinajstić information content (AvgIpc) is 2.96. The Balaban J connectivity index is 1.85. The molecule has 3 rings (SSSR count). The van der Waals surface area contributed by atoms with E-state index in [1.807, 2.05) is 0 Å². The molecule has 7 nitrogen and oxygen atoms in total. The SMILES string of the molecule is COC(=O)c1ccc(C=C2SC(=Nc3cccc(C(=O)O)c3)N(C)C2=O)cc1. The van der Waals surface area contributed by atoms with Crippen molar-refractivity contribution >= 4 is 46.5 Å². The third kappa shape index (κ3) is 4.12.